The lowest BCUT2D eigenvalue weighted by Crippen LogP contribution is -2.21. The summed E-state index contributed by atoms with van der Waals surface area (Å²) in [6, 6.07) is 7.81. The Morgan fingerprint density at radius 2 is 2.00 bits per heavy atom. The van der Waals surface area contributed by atoms with Crippen molar-refractivity contribution in [3.05, 3.63) is 29.8 Å². The predicted octanol–water partition coefficient (Wildman–Crippen LogP) is 2.70. The second-order valence-electron chi connectivity index (χ2n) is 4.69. The number of hydrogen-bond donors (Lipinski definition) is 2. The maximum atomic E-state index is 9.18. The highest BCUT2D eigenvalue weighted by atomic mass is 16.3. The standard InChI is InChI=1S/C13H19NO/c1-9-7-12(9)8-14-10(2)11-3-5-13(15)6-4-11/h3-6,9-10,12,14-15H,7-8H2,1-2H3. The van der Waals surface area contributed by atoms with Crippen LogP contribution in [0.25, 0.3) is 0 Å². The van der Waals surface area contributed by atoms with Gasteiger partial charge in [0.25, 0.3) is 0 Å². The number of rotatable bonds is 4. The predicted molar refractivity (Wildman–Crippen MR) is 61.8 cm³/mol. The molecule has 1 aliphatic carbocycles. The third-order valence-corrected chi connectivity index (χ3v) is 3.36. The minimum absolute atomic E-state index is 0.335. The first-order chi connectivity index (χ1) is 7.16. The molecular formula is C13H19NO. The van der Waals surface area contributed by atoms with E-state index < -0.39 is 0 Å². The van der Waals surface area contributed by atoms with E-state index in [1.165, 1.54) is 12.0 Å². The van der Waals surface area contributed by atoms with Gasteiger partial charge in [0.2, 0.25) is 0 Å². The Morgan fingerprint density at radius 1 is 1.40 bits per heavy atom. The molecule has 1 aliphatic rings. The maximum Gasteiger partial charge on any atom is 0.115 e. The second kappa shape index (κ2) is 4.23. The molecule has 1 saturated carbocycles. The fraction of sp³-hybridized carbons (Fsp3) is 0.538. The highest BCUT2D eigenvalue weighted by Gasteiger charge is 2.32. The van der Waals surface area contributed by atoms with Crippen LogP contribution in [0, 0.1) is 11.8 Å². The van der Waals surface area contributed by atoms with Gasteiger partial charge in [-0.05, 0) is 49.4 Å². The van der Waals surface area contributed by atoms with Crippen LogP contribution in [-0.2, 0) is 0 Å². The van der Waals surface area contributed by atoms with Crippen molar-refractivity contribution in [1.29, 1.82) is 0 Å². The molecule has 0 amide bonds. The normalized spacial score (nSPS) is 26.3. The van der Waals surface area contributed by atoms with Gasteiger partial charge >= 0.3 is 0 Å². The van der Waals surface area contributed by atoms with Crippen molar-refractivity contribution in [2.24, 2.45) is 11.8 Å². The third-order valence-electron chi connectivity index (χ3n) is 3.36. The molecule has 0 heterocycles. The van der Waals surface area contributed by atoms with E-state index in [1.54, 1.807) is 12.1 Å². The zero-order chi connectivity index (χ0) is 10.8. The Labute approximate surface area is 91.3 Å². The van der Waals surface area contributed by atoms with Gasteiger partial charge in [-0.15, -0.1) is 0 Å². The van der Waals surface area contributed by atoms with E-state index in [-0.39, 0.29) is 0 Å². The molecule has 0 saturated heterocycles. The summed E-state index contributed by atoms with van der Waals surface area (Å²) in [6.07, 6.45) is 1.37. The molecule has 15 heavy (non-hydrogen) atoms. The van der Waals surface area contributed by atoms with E-state index in [1.807, 2.05) is 12.1 Å². The molecule has 2 N–H and O–H groups in total. The summed E-state index contributed by atoms with van der Waals surface area (Å²) in [5, 5.41) is 12.7. The van der Waals surface area contributed by atoms with Crippen LogP contribution >= 0.6 is 0 Å². The molecular weight excluding hydrogens is 186 g/mol. The largest absolute Gasteiger partial charge is 0.508 e. The minimum atomic E-state index is 0.335. The lowest BCUT2D eigenvalue weighted by molar-refractivity contribution is 0.474. The van der Waals surface area contributed by atoms with Gasteiger partial charge in [0, 0.05) is 6.04 Å². The fourth-order valence-electron chi connectivity index (χ4n) is 1.89. The van der Waals surface area contributed by atoms with Crippen LogP contribution in [-0.4, -0.2) is 11.7 Å². The second-order valence-corrected chi connectivity index (χ2v) is 4.69. The Balaban J connectivity index is 1.84. The van der Waals surface area contributed by atoms with Crippen molar-refractivity contribution in [3.8, 4) is 5.75 Å². The minimum Gasteiger partial charge on any atom is -0.508 e. The molecule has 0 radical (unpaired) electrons. The number of hydrogen-bond acceptors (Lipinski definition) is 2. The van der Waals surface area contributed by atoms with Gasteiger partial charge in [-0.3, -0.25) is 0 Å². The summed E-state index contributed by atoms with van der Waals surface area (Å²) in [5.41, 5.74) is 1.24. The summed E-state index contributed by atoms with van der Waals surface area (Å²) < 4.78 is 0. The van der Waals surface area contributed by atoms with Crippen molar-refractivity contribution in [3.63, 3.8) is 0 Å². The molecule has 0 spiro atoms. The van der Waals surface area contributed by atoms with Crippen LogP contribution in [0.15, 0.2) is 24.3 Å². The molecule has 2 heteroatoms. The molecule has 1 fully saturated rings. The number of phenolic OH excluding ortho intramolecular Hbond substituents is 1. The number of phenols is 1. The van der Waals surface area contributed by atoms with E-state index in [2.05, 4.69) is 19.2 Å². The van der Waals surface area contributed by atoms with E-state index in [0.29, 0.717) is 11.8 Å². The lowest BCUT2D eigenvalue weighted by Gasteiger charge is -2.14. The third kappa shape index (κ3) is 2.72. The Morgan fingerprint density at radius 3 is 2.53 bits per heavy atom. The zero-order valence-electron chi connectivity index (χ0n) is 9.40. The molecule has 0 bridgehead atoms. The Hall–Kier alpha value is -1.02. The molecule has 1 aromatic carbocycles. The van der Waals surface area contributed by atoms with E-state index in [4.69, 9.17) is 0 Å². The number of aromatic hydroxyl groups is 1. The van der Waals surface area contributed by atoms with E-state index >= 15 is 0 Å². The molecule has 3 atom stereocenters. The van der Waals surface area contributed by atoms with Gasteiger partial charge in [-0.1, -0.05) is 19.1 Å². The first-order valence-electron chi connectivity index (χ1n) is 5.69. The fourth-order valence-corrected chi connectivity index (χ4v) is 1.89. The van der Waals surface area contributed by atoms with Crippen molar-refractivity contribution < 1.29 is 5.11 Å². The molecule has 0 aliphatic heterocycles. The maximum absolute atomic E-state index is 9.18. The first-order valence-corrected chi connectivity index (χ1v) is 5.69. The van der Waals surface area contributed by atoms with Crippen LogP contribution in [0.1, 0.15) is 31.9 Å². The van der Waals surface area contributed by atoms with E-state index in [0.717, 1.165) is 18.4 Å². The summed E-state index contributed by atoms with van der Waals surface area (Å²) in [5.74, 6) is 2.12. The molecule has 82 valence electrons. The van der Waals surface area contributed by atoms with Gasteiger partial charge in [-0.2, -0.15) is 0 Å². The van der Waals surface area contributed by atoms with Gasteiger partial charge in [0.05, 0.1) is 0 Å². The number of benzene rings is 1. The van der Waals surface area contributed by atoms with Crippen LogP contribution in [0.2, 0.25) is 0 Å². The average molecular weight is 205 g/mol. The van der Waals surface area contributed by atoms with Gasteiger partial charge < -0.3 is 10.4 Å². The highest BCUT2D eigenvalue weighted by Crippen LogP contribution is 2.37. The van der Waals surface area contributed by atoms with Crippen molar-refractivity contribution in [1.82, 2.24) is 5.32 Å². The van der Waals surface area contributed by atoms with E-state index in [9.17, 15) is 5.11 Å². The molecule has 3 unspecified atom stereocenters. The lowest BCUT2D eigenvalue weighted by atomic mass is 10.1. The highest BCUT2D eigenvalue weighted by molar-refractivity contribution is 5.27. The smallest absolute Gasteiger partial charge is 0.115 e. The average Bonchev–Trinajstić information content (AvgIpc) is 2.92. The summed E-state index contributed by atoms with van der Waals surface area (Å²) in [7, 11) is 0. The quantitative estimate of drug-likeness (QED) is 0.792. The first kappa shape index (κ1) is 10.5. The Bertz CT molecular complexity index is 320. The topological polar surface area (TPSA) is 32.3 Å². The Kier molecular flexibility index (Phi) is 2.96. The molecule has 2 nitrogen and oxygen atoms in total. The summed E-state index contributed by atoms with van der Waals surface area (Å²) in [6.45, 7) is 5.58. The van der Waals surface area contributed by atoms with Crippen molar-refractivity contribution in [2.75, 3.05) is 6.54 Å². The van der Waals surface area contributed by atoms with Crippen molar-refractivity contribution in [2.45, 2.75) is 26.3 Å². The van der Waals surface area contributed by atoms with Gasteiger partial charge in [0.15, 0.2) is 0 Å². The SMILES string of the molecule is CC(NCC1CC1C)c1ccc(O)cc1. The summed E-state index contributed by atoms with van der Waals surface area (Å²) >= 11 is 0. The van der Waals surface area contributed by atoms with Gasteiger partial charge in [0.1, 0.15) is 5.75 Å². The molecule has 1 aromatic rings. The number of nitrogens with one attached hydrogen (secondary N) is 1. The monoisotopic (exact) mass is 205 g/mol. The van der Waals surface area contributed by atoms with Gasteiger partial charge in [-0.25, -0.2) is 0 Å². The summed E-state index contributed by atoms with van der Waals surface area (Å²) in [4.78, 5) is 0. The van der Waals surface area contributed by atoms with Crippen LogP contribution in [0.4, 0.5) is 0 Å². The zero-order valence-corrected chi connectivity index (χ0v) is 9.40. The van der Waals surface area contributed by atoms with Crippen molar-refractivity contribution >= 4 is 0 Å². The molecule has 2 rings (SSSR count). The van der Waals surface area contributed by atoms with Crippen LogP contribution < -0.4 is 5.32 Å². The van der Waals surface area contributed by atoms with Crippen LogP contribution in [0.3, 0.4) is 0 Å². The van der Waals surface area contributed by atoms with Crippen LogP contribution in [0.5, 0.6) is 5.75 Å². The molecule has 0 aromatic heterocycles.